The molecule has 7 nitrogen and oxygen atoms in total. The van der Waals surface area contributed by atoms with E-state index in [1.807, 2.05) is 0 Å². The first kappa shape index (κ1) is 13.3. The zero-order valence-electron chi connectivity index (χ0n) is 11.5. The lowest BCUT2D eigenvalue weighted by molar-refractivity contribution is 0.682. The molecule has 2 N–H and O–H groups in total. The summed E-state index contributed by atoms with van der Waals surface area (Å²) < 4.78 is 1.75. The van der Waals surface area contributed by atoms with E-state index in [0.29, 0.717) is 23.9 Å². The molecule has 0 aliphatic carbocycles. The quantitative estimate of drug-likeness (QED) is 0.823. The van der Waals surface area contributed by atoms with Crippen LogP contribution in [-0.2, 0) is 0 Å². The Morgan fingerprint density at radius 2 is 2.05 bits per heavy atom. The van der Waals surface area contributed by atoms with E-state index in [1.165, 1.54) is 0 Å². The van der Waals surface area contributed by atoms with Crippen molar-refractivity contribution < 1.29 is 0 Å². The summed E-state index contributed by atoms with van der Waals surface area (Å²) in [5.41, 5.74) is 0. The molecule has 0 amide bonds. The fourth-order valence-electron chi connectivity index (χ4n) is 1.76. The van der Waals surface area contributed by atoms with Crippen molar-refractivity contribution in [2.45, 2.75) is 32.7 Å². The van der Waals surface area contributed by atoms with Gasteiger partial charge in [0.2, 0.25) is 17.8 Å². The third-order valence-electron chi connectivity index (χ3n) is 2.68. The van der Waals surface area contributed by atoms with Crippen LogP contribution in [0.5, 0.6) is 0 Å². The van der Waals surface area contributed by atoms with Crippen LogP contribution in [0.4, 0.5) is 11.9 Å². The van der Waals surface area contributed by atoms with Gasteiger partial charge in [0.15, 0.2) is 0 Å². The maximum Gasteiger partial charge on any atom is 0.241 e. The molecule has 0 aromatic carbocycles. The van der Waals surface area contributed by atoms with Gasteiger partial charge in [0.05, 0.1) is 0 Å². The van der Waals surface area contributed by atoms with E-state index in [9.17, 15) is 0 Å². The topological polar surface area (TPSA) is 80.5 Å². The first-order chi connectivity index (χ1) is 9.22. The van der Waals surface area contributed by atoms with Crippen LogP contribution in [0, 0.1) is 0 Å². The Hall–Kier alpha value is -2.18. The largest absolute Gasteiger partial charge is 0.357 e. The molecule has 0 aliphatic rings. The Morgan fingerprint density at radius 3 is 2.68 bits per heavy atom. The predicted octanol–water partition coefficient (Wildman–Crippen LogP) is 1.70. The fraction of sp³-hybridized carbons (Fsp3) is 0.500. The molecule has 19 heavy (non-hydrogen) atoms. The summed E-state index contributed by atoms with van der Waals surface area (Å²) in [6, 6.07) is 0.327. The number of hydrogen-bond donors (Lipinski definition) is 2. The third kappa shape index (κ3) is 3.40. The van der Waals surface area contributed by atoms with Gasteiger partial charge < -0.3 is 10.6 Å². The van der Waals surface area contributed by atoms with E-state index in [0.717, 1.165) is 12.8 Å². The van der Waals surface area contributed by atoms with Crippen molar-refractivity contribution in [2.75, 3.05) is 17.7 Å². The fourth-order valence-corrected chi connectivity index (χ4v) is 1.76. The molecule has 102 valence electrons. The normalized spacial score (nSPS) is 12.2. The standard InChI is InChI=1S/C12H19N7/c1-4-5-9(2)15-11-16-10(13-3)17-12(18-11)19-7-6-14-8-19/h6-9H,4-5H2,1-3H3,(H2,13,15,16,17,18). The summed E-state index contributed by atoms with van der Waals surface area (Å²) in [6.45, 7) is 4.27. The van der Waals surface area contributed by atoms with Gasteiger partial charge in [-0.05, 0) is 13.3 Å². The molecule has 2 aromatic rings. The van der Waals surface area contributed by atoms with Crippen LogP contribution in [0.3, 0.4) is 0 Å². The molecule has 0 spiro atoms. The van der Waals surface area contributed by atoms with E-state index < -0.39 is 0 Å². The Morgan fingerprint density at radius 1 is 1.26 bits per heavy atom. The van der Waals surface area contributed by atoms with Crippen LogP contribution >= 0.6 is 0 Å². The van der Waals surface area contributed by atoms with E-state index in [1.54, 1.807) is 30.3 Å². The summed E-state index contributed by atoms with van der Waals surface area (Å²) in [6.07, 6.45) is 7.34. The highest BCUT2D eigenvalue weighted by Gasteiger charge is 2.09. The number of hydrogen-bond acceptors (Lipinski definition) is 6. The van der Waals surface area contributed by atoms with Gasteiger partial charge in [0, 0.05) is 25.5 Å². The smallest absolute Gasteiger partial charge is 0.241 e. The van der Waals surface area contributed by atoms with Gasteiger partial charge in [-0.2, -0.15) is 15.0 Å². The SMILES string of the molecule is CCCC(C)Nc1nc(NC)nc(-n2ccnc2)n1. The zero-order chi connectivity index (χ0) is 13.7. The Kier molecular flexibility index (Phi) is 4.27. The molecule has 7 heteroatoms. The van der Waals surface area contributed by atoms with Crippen LogP contribution in [0.15, 0.2) is 18.7 Å². The maximum atomic E-state index is 4.40. The molecule has 2 heterocycles. The minimum Gasteiger partial charge on any atom is -0.357 e. The van der Waals surface area contributed by atoms with Crippen molar-refractivity contribution in [3.63, 3.8) is 0 Å². The molecule has 2 aromatic heterocycles. The van der Waals surface area contributed by atoms with Crippen molar-refractivity contribution >= 4 is 11.9 Å². The van der Waals surface area contributed by atoms with Crippen molar-refractivity contribution in [1.82, 2.24) is 24.5 Å². The summed E-state index contributed by atoms with van der Waals surface area (Å²) in [7, 11) is 1.78. The number of rotatable bonds is 6. The molecule has 2 rings (SSSR count). The van der Waals surface area contributed by atoms with E-state index in [2.05, 4.69) is 44.4 Å². The van der Waals surface area contributed by atoms with Gasteiger partial charge in [-0.15, -0.1) is 0 Å². The van der Waals surface area contributed by atoms with Gasteiger partial charge in [-0.25, -0.2) is 4.98 Å². The number of nitrogens with zero attached hydrogens (tertiary/aromatic N) is 5. The Balaban J connectivity index is 2.26. The molecule has 0 saturated heterocycles. The van der Waals surface area contributed by atoms with E-state index >= 15 is 0 Å². The van der Waals surface area contributed by atoms with Crippen molar-refractivity contribution in [1.29, 1.82) is 0 Å². The van der Waals surface area contributed by atoms with Crippen LogP contribution < -0.4 is 10.6 Å². The minimum absolute atomic E-state index is 0.327. The molecular weight excluding hydrogens is 242 g/mol. The van der Waals surface area contributed by atoms with Crippen molar-refractivity contribution in [3.05, 3.63) is 18.7 Å². The van der Waals surface area contributed by atoms with Crippen LogP contribution in [0.1, 0.15) is 26.7 Å². The van der Waals surface area contributed by atoms with Crippen molar-refractivity contribution in [3.8, 4) is 5.95 Å². The monoisotopic (exact) mass is 261 g/mol. The van der Waals surface area contributed by atoms with Gasteiger partial charge in [0.1, 0.15) is 6.33 Å². The molecule has 0 saturated carbocycles. The summed E-state index contributed by atoms with van der Waals surface area (Å²) in [4.78, 5) is 17.0. The Bertz CT molecular complexity index is 509. The molecule has 1 unspecified atom stereocenters. The summed E-state index contributed by atoms with van der Waals surface area (Å²) in [5.74, 6) is 1.65. The molecular formula is C12H19N7. The zero-order valence-corrected chi connectivity index (χ0v) is 11.5. The van der Waals surface area contributed by atoms with E-state index in [-0.39, 0.29) is 0 Å². The second-order valence-corrected chi connectivity index (χ2v) is 4.34. The second kappa shape index (κ2) is 6.12. The average Bonchev–Trinajstić information content (AvgIpc) is 2.92. The first-order valence-corrected chi connectivity index (χ1v) is 6.41. The third-order valence-corrected chi connectivity index (χ3v) is 2.68. The second-order valence-electron chi connectivity index (χ2n) is 4.34. The van der Waals surface area contributed by atoms with E-state index in [4.69, 9.17) is 0 Å². The number of nitrogens with one attached hydrogen (secondary N) is 2. The van der Waals surface area contributed by atoms with Gasteiger partial charge in [-0.1, -0.05) is 13.3 Å². The highest BCUT2D eigenvalue weighted by atomic mass is 15.3. The summed E-state index contributed by atoms with van der Waals surface area (Å²) in [5, 5.41) is 6.22. The Labute approximate surface area is 112 Å². The van der Waals surface area contributed by atoms with Crippen LogP contribution in [0.25, 0.3) is 5.95 Å². The van der Waals surface area contributed by atoms with Crippen LogP contribution in [0.2, 0.25) is 0 Å². The molecule has 0 radical (unpaired) electrons. The molecule has 0 bridgehead atoms. The van der Waals surface area contributed by atoms with Gasteiger partial charge in [-0.3, -0.25) is 4.57 Å². The highest BCUT2D eigenvalue weighted by molar-refractivity contribution is 5.38. The highest BCUT2D eigenvalue weighted by Crippen LogP contribution is 2.11. The lowest BCUT2D eigenvalue weighted by Crippen LogP contribution is -2.18. The molecule has 0 fully saturated rings. The van der Waals surface area contributed by atoms with Crippen LogP contribution in [-0.4, -0.2) is 37.6 Å². The average molecular weight is 261 g/mol. The lowest BCUT2D eigenvalue weighted by Gasteiger charge is -2.13. The summed E-state index contributed by atoms with van der Waals surface area (Å²) >= 11 is 0. The number of imidazole rings is 1. The van der Waals surface area contributed by atoms with Gasteiger partial charge in [0.25, 0.3) is 0 Å². The molecule has 1 atom stereocenters. The lowest BCUT2D eigenvalue weighted by atomic mass is 10.2. The van der Waals surface area contributed by atoms with Crippen molar-refractivity contribution in [2.24, 2.45) is 0 Å². The minimum atomic E-state index is 0.327. The predicted molar refractivity (Wildman–Crippen MR) is 74.5 cm³/mol. The first-order valence-electron chi connectivity index (χ1n) is 6.41. The van der Waals surface area contributed by atoms with Gasteiger partial charge >= 0.3 is 0 Å². The molecule has 0 aliphatic heterocycles. The number of aromatic nitrogens is 5. The maximum absolute atomic E-state index is 4.40. The number of anilines is 2.